The molecular formula is C13H17NO4. The zero-order valence-electron chi connectivity index (χ0n) is 10.8. The van der Waals surface area contributed by atoms with E-state index in [-0.39, 0.29) is 6.04 Å². The molecule has 1 amide bonds. The van der Waals surface area contributed by atoms with Crippen molar-refractivity contribution in [3.05, 3.63) is 35.9 Å². The van der Waals surface area contributed by atoms with Crippen LogP contribution in [0.25, 0.3) is 0 Å². The van der Waals surface area contributed by atoms with E-state index < -0.39 is 12.0 Å². The van der Waals surface area contributed by atoms with Gasteiger partial charge in [-0.05, 0) is 12.5 Å². The van der Waals surface area contributed by atoms with E-state index in [1.165, 1.54) is 19.1 Å². The molecule has 2 rings (SSSR count). The van der Waals surface area contributed by atoms with Gasteiger partial charge in [0.1, 0.15) is 6.04 Å². The Bertz CT molecular complexity index is 416. The minimum atomic E-state index is -1.05. The maximum atomic E-state index is 11.9. The van der Waals surface area contributed by atoms with Crippen LogP contribution in [0.15, 0.2) is 30.3 Å². The zero-order valence-corrected chi connectivity index (χ0v) is 10.8. The van der Waals surface area contributed by atoms with Crippen LogP contribution < -0.4 is 0 Å². The third-order valence-corrected chi connectivity index (χ3v) is 3.04. The second-order valence-electron chi connectivity index (χ2n) is 3.92. The van der Waals surface area contributed by atoms with Crippen LogP contribution in [0.2, 0.25) is 0 Å². The van der Waals surface area contributed by atoms with Gasteiger partial charge in [-0.3, -0.25) is 0 Å². The Morgan fingerprint density at radius 2 is 1.89 bits per heavy atom. The number of amides is 1. The van der Waals surface area contributed by atoms with Crippen LogP contribution in [0.3, 0.4) is 0 Å². The number of benzene rings is 1. The van der Waals surface area contributed by atoms with E-state index >= 15 is 0 Å². The Balaban J connectivity index is 2.26. The molecule has 0 saturated carbocycles. The van der Waals surface area contributed by atoms with Crippen molar-refractivity contribution >= 4 is 6.09 Å². The highest BCUT2D eigenvalue weighted by Gasteiger charge is 2.69. The number of rotatable bonds is 4. The summed E-state index contributed by atoms with van der Waals surface area (Å²) in [4.78, 5) is 13.3. The standard InChI is InChI=1S/C13H17NO4/c1-4-18-12(15)14-11(13(14,16-2)17-3)10-8-6-5-7-9-10/h5-9,11H,4H2,1-3H3. The Morgan fingerprint density at radius 1 is 1.28 bits per heavy atom. The summed E-state index contributed by atoms with van der Waals surface area (Å²) in [6, 6.07) is 9.32. The predicted molar refractivity (Wildman–Crippen MR) is 64.8 cm³/mol. The summed E-state index contributed by atoms with van der Waals surface area (Å²) in [6.45, 7) is 2.08. The summed E-state index contributed by atoms with van der Waals surface area (Å²) in [7, 11) is 3.03. The van der Waals surface area contributed by atoms with Gasteiger partial charge in [-0.1, -0.05) is 30.3 Å². The molecule has 1 aromatic carbocycles. The molecule has 1 unspecified atom stereocenters. The largest absolute Gasteiger partial charge is 0.450 e. The summed E-state index contributed by atoms with van der Waals surface area (Å²) in [6.07, 6.45) is -0.435. The van der Waals surface area contributed by atoms with Gasteiger partial charge in [-0.15, -0.1) is 0 Å². The molecule has 1 aliphatic heterocycles. The normalized spacial score (nSPS) is 20.6. The second-order valence-corrected chi connectivity index (χ2v) is 3.92. The van der Waals surface area contributed by atoms with Gasteiger partial charge in [0, 0.05) is 14.2 Å². The fourth-order valence-corrected chi connectivity index (χ4v) is 2.18. The number of methoxy groups -OCH3 is 2. The molecule has 5 heteroatoms. The third-order valence-electron chi connectivity index (χ3n) is 3.04. The van der Waals surface area contributed by atoms with Crippen LogP contribution >= 0.6 is 0 Å². The highest BCUT2D eigenvalue weighted by atomic mass is 16.7. The topological polar surface area (TPSA) is 47.8 Å². The molecule has 1 saturated heterocycles. The van der Waals surface area contributed by atoms with Crippen LogP contribution in [0.5, 0.6) is 0 Å². The maximum Gasteiger partial charge on any atom is 0.414 e. The molecule has 18 heavy (non-hydrogen) atoms. The lowest BCUT2D eigenvalue weighted by Gasteiger charge is -2.12. The first-order valence-corrected chi connectivity index (χ1v) is 5.82. The molecule has 0 radical (unpaired) electrons. The van der Waals surface area contributed by atoms with E-state index in [1.807, 2.05) is 30.3 Å². The third kappa shape index (κ3) is 1.85. The van der Waals surface area contributed by atoms with Crippen LogP contribution in [0.1, 0.15) is 18.5 Å². The Kier molecular flexibility index (Phi) is 3.54. The Hall–Kier alpha value is -1.59. The van der Waals surface area contributed by atoms with E-state index in [9.17, 15) is 4.79 Å². The quantitative estimate of drug-likeness (QED) is 0.607. The lowest BCUT2D eigenvalue weighted by molar-refractivity contribution is -0.162. The first kappa shape index (κ1) is 12.9. The molecule has 1 fully saturated rings. The number of carbonyl (C=O) groups excluding carboxylic acids is 1. The van der Waals surface area contributed by atoms with Gasteiger partial charge in [-0.25, -0.2) is 9.69 Å². The molecule has 0 bridgehead atoms. The van der Waals surface area contributed by atoms with E-state index in [4.69, 9.17) is 14.2 Å². The zero-order chi connectivity index (χ0) is 13.2. The minimum Gasteiger partial charge on any atom is -0.450 e. The first-order valence-electron chi connectivity index (χ1n) is 5.82. The summed E-state index contributed by atoms with van der Waals surface area (Å²) in [5.41, 5.74) is 0.953. The fraction of sp³-hybridized carbons (Fsp3) is 0.462. The smallest absolute Gasteiger partial charge is 0.414 e. The van der Waals surface area contributed by atoms with Crippen LogP contribution in [-0.2, 0) is 14.2 Å². The van der Waals surface area contributed by atoms with Gasteiger partial charge in [0.2, 0.25) is 0 Å². The van der Waals surface area contributed by atoms with Gasteiger partial charge in [0.25, 0.3) is 5.91 Å². The lowest BCUT2D eigenvalue weighted by Crippen LogP contribution is -2.27. The van der Waals surface area contributed by atoms with Gasteiger partial charge < -0.3 is 14.2 Å². The maximum absolute atomic E-state index is 11.9. The van der Waals surface area contributed by atoms with E-state index in [0.29, 0.717) is 6.61 Å². The van der Waals surface area contributed by atoms with E-state index in [2.05, 4.69) is 0 Å². The van der Waals surface area contributed by atoms with Crippen molar-refractivity contribution in [3.63, 3.8) is 0 Å². The highest BCUT2D eigenvalue weighted by molar-refractivity contribution is 5.73. The second kappa shape index (κ2) is 4.96. The average molecular weight is 251 g/mol. The van der Waals surface area contributed by atoms with Crippen LogP contribution in [-0.4, -0.2) is 37.7 Å². The van der Waals surface area contributed by atoms with Crippen LogP contribution in [0.4, 0.5) is 4.79 Å². The number of nitrogens with zero attached hydrogens (tertiary/aromatic N) is 1. The molecular weight excluding hydrogens is 234 g/mol. The minimum absolute atomic E-state index is 0.271. The molecule has 1 aliphatic rings. The SMILES string of the molecule is CCOC(=O)N1C(c2ccccc2)C1(OC)OC. The summed E-state index contributed by atoms with van der Waals surface area (Å²) >= 11 is 0. The van der Waals surface area contributed by atoms with Gasteiger partial charge in [0.05, 0.1) is 6.61 Å². The van der Waals surface area contributed by atoms with E-state index in [0.717, 1.165) is 5.56 Å². The molecule has 0 spiro atoms. The Morgan fingerprint density at radius 3 is 2.39 bits per heavy atom. The van der Waals surface area contributed by atoms with Crippen molar-refractivity contribution in [2.45, 2.75) is 18.9 Å². The van der Waals surface area contributed by atoms with Gasteiger partial charge in [0.15, 0.2) is 0 Å². The molecule has 98 valence electrons. The molecule has 0 aliphatic carbocycles. The van der Waals surface area contributed by atoms with Gasteiger partial charge in [-0.2, -0.15) is 0 Å². The number of carbonyl (C=O) groups is 1. The Labute approximate surface area is 106 Å². The van der Waals surface area contributed by atoms with Gasteiger partial charge >= 0.3 is 6.09 Å². The summed E-state index contributed by atoms with van der Waals surface area (Å²) in [5.74, 6) is -1.05. The van der Waals surface area contributed by atoms with Crippen LogP contribution in [0, 0.1) is 0 Å². The number of ether oxygens (including phenoxy) is 3. The highest BCUT2D eigenvalue weighted by Crippen LogP contribution is 2.54. The number of hydrogen-bond donors (Lipinski definition) is 0. The first-order chi connectivity index (χ1) is 8.71. The van der Waals surface area contributed by atoms with E-state index in [1.54, 1.807) is 6.92 Å². The summed E-state index contributed by atoms with van der Waals surface area (Å²) < 4.78 is 15.7. The molecule has 1 heterocycles. The molecule has 1 aromatic rings. The molecule has 0 N–H and O–H groups in total. The molecule has 5 nitrogen and oxygen atoms in total. The van der Waals surface area contributed by atoms with Crippen molar-refractivity contribution in [1.82, 2.24) is 4.90 Å². The van der Waals surface area contributed by atoms with Crippen molar-refractivity contribution in [3.8, 4) is 0 Å². The predicted octanol–water partition coefficient (Wildman–Crippen LogP) is 2.15. The average Bonchev–Trinajstić information content (AvgIpc) is 3.09. The van der Waals surface area contributed by atoms with Crippen molar-refractivity contribution in [2.24, 2.45) is 0 Å². The summed E-state index contributed by atoms with van der Waals surface area (Å²) in [5, 5.41) is 0. The number of hydrogen-bond acceptors (Lipinski definition) is 4. The molecule has 0 aromatic heterocycles. The monoisotopic (exact) mass is 251 g/mol. The lowest BCUT2D eigenvalue weighted by atomic mass is 10.1. The fourth-order valence-electron chi connectivity index (χ4n) is 2.18. The molecule has 1 atom stereocenters. The van der Waals surface area contributed by atoms with Crippen molar-refractivity contribution in [1.29, 1.82) is 0 Å². The van der Waals surface area contributed by atoms with Crippen molar-refractivity contribution in [2.75, 3.05) is 20.8 Å². The van der Waals surface area contributed by atoms with Crippen molar-refractivity contribution < 1.29 is 19.0 Å².